The molecule has 0 heterocycles. The first-order valence-electron chi connectivity index (χ1n) is 3.88. The third-order valence-corrected chi connectivity index (χ3v) is 1.95. The van der Waals surface area contributed by atoms with Gasteiger partial charge in [-0.15, -0.1) is 0 Å². The number of amidine groups is 1. The summed E-state index contributed by atoms with van der Waals surface area (Å²) in [5.74, 6) is -1.12. The van der Waals surface area contributed by atoms with Crippen molar-refractivity contribution in [1.29, 1.82) is 0 Å². The molecule has 0 aliphatic carbocycles. The molecule has 0 fully saturated rings. The van der Waals surface area contributed by atoms with Crippen LogP contribution >= 0.6 is 0 Å². The summed E-state index contributed by atoms with van der Waals surface area (Å²) >= 11 is 0. The van der Waals surface area contributed by atoms with Crippen LogP contribution in [0, 0.1) is 6.92 Å². The van der Waals surface area contributed by atoms with Gasteiger partial charge in [0, 0.05) is 5.56 Å². The number of carboxylic acids is 1. The molecule has 0 saturated heterocycles. The van der Waals surface area contributed by atoms with Crippen LogP contribution in [0.15, 0.2) is 23.4 Å². The van der Waals surface area contributed by atoms with Crippen molar-refractivity contribution in [3.05, 3.63) is 34.9 Å². The van der Waals surface area contributed by atoms with Gasteiger partial charge in [-0.05, 0) is 18.6 Å². The fraction of sp³-hybridized carbons (Fsp3) is 0.111. The Labute approximate surface area is 80.5 Å². The summed E-state index contributed by atoms with van der Waals surface area (Å²) in [6.45, 7) is 1.61. The van der Waals surface area contributed by atoms with Crippen LogP contribution in [-0.4, -0.2) is 22.1 Å². The predicted octanol–water partition coefficient (Wildman–Crippen LogP) is 0.788. The van der Waals surface area contributed by atoms with E-state index in [4.69, 9.17) is 16.0 Å². The molecule has 0 spiro atoms. The molecule has 74 valence electrons. The van der Waals surface area contributed by atoms with Gasteiger partial charge in [-0.25, -0.2) is 4.79 Å². The lowest BCUT2D eigenvalue weighted by atomic mass is 10.0. The molecule has 0 saturated carbocycles. The molecular formula is C9H10N2O3. The van der Waals surface area contributed by atoms with Crippen molar-refractivity contribution in [2.45, 2.75) is 6.92 Å². The highest BCUT2D eigenvalue weighted by Gasteiger charge is 2.11. The normalized spacial score (nSPS) is 11.4. The Morgan fingerprint density at radius 2 is 2.00 bits per heavy atom. The molecule has 1 rings (SSSR count). The third kappa shape index (κ3) is 1.66. The summed E-state index contributed by atoms with van der Waals surface area (Å²) in [5, 5.41) is 20.1. The number of oxime groups is 1. The smallest absolute Gasteiger partial charge is 0.335 e. The molecular weight excluding hydrogens is 184 g/mol. The van der Waals surface area contributed by atoms with Crippen LogP contribution in [0.4, 0.5) is 0 Å². The average molecular weight is 194 g/mol. The van der Waals surface area contributed by atoms with Gasteiger partial charge in [0.15, 0.2) is 5.84 Å². The van der Waals surface area contributed by atoms with Gasteiger partial charge in [-0.3, -0.25) is 0 Å². The van der Waals surface area contributed by atoms with E-state index in [1.165, 1.54) is 6.07 Å². The lowest BCUT2D eigenvalue weighted by Crippen LogP contribution is -2.16. The maximum Gasteiger partial charge on any atom is 0.335 e. The van der Waals surface area contributed by atoms with Gasteiger partial charge in [0.2, 0.25) is 0 Å². The maximum atomic E-state index is 10.7. The number of carboxylic acid groups (broad SMARTS) is 1. The van der Waals surface area contributed by atoms with Crippen LogP contribution < -0.4 is 5.73 Å². The van der Waals surface area contributed by atoms with E-state index in [2.05, 4.69) is 5.16 Å². The highest BCUT2D eigenvalue weighted by Crippen LogP contribution is 2.13. The molecule has 0 aromatic heterocycles. The number of rotatable bonds is 2. The minimum Gasteiger partial charge on any atom is -0.478 e. The van der Waals surface area contributed by atoms with Gasteiger partial charge in [0.1, 0.15) is 0 Å². The van der Waals surface area contributed by atoms with Crippen LogP contribution in [0.3, 0.4) is 0 Å². The van der Waals surface area contributed by atoms with E-state index in [9.17, 15) is 4.79 Å². The SMILES string of the molecule is Cc1c(C(=O)O)cccc1/C(N)=N\O. The van der Waals surface area contributed by atoms with Crippen molar-refractivity contribution in [2.75, 3.05) is 0 Å². The minimum absolute atomic E-state index is 0.0920. The van der Waals surface area contributed by atoms with Crippen LogP contribution in [0.2, 0.25) is 0 Å². The molecule has 0 aliphatic heterocycles. The fourth-order valence-corrected chi connectivity index (χ4v) is 1.20. The summed E-state index contributed by atoms with van der Waals surface area (Å²) in [7, 11) is 0. The van der Waals surface area contributed by atoms with Gasteiger partial charge >= 0.3 is 5.97 Å². The molecule has 5 heteroatoms. The molecule has 1 aromatic rings. The Morgan fingerprint density at radius 1 is 1.43 bits per heavy atom. The van der Waals surface area contributed by atoms with E-state index in [1.807, 2.05) is 0 Å². The summed E-state index contributed by atoms with van der Waals surface area (Å²) in [4.78, 5) is 10.7. The van der Waals surface area contributed by atoms with Crippen LogP contribution in [0.1, 0.15) is 21.5 Å². The Balaban J connectivity index is 3.35. The van der Waals surface area contributed by atoms with Crippen molar-refractivity contribution >= 4 is 11.8 Å². The molecule has 0 bridgehead atoms. The van der Waals surface area contributed by atoms with E-state index in [0.717, 1.165) is 0 Å². The van der Waals surface area contributed by atoms with Gasteiger partial charge < -0.3 is 16.0 Å². The standard InChI is InChI=1S/C9H10N2O3/c1-5-6(8(10)11-14)3-2-4-7(5)9(12)13/h2-4,14H,1H3,(H2,10,11)(H,12,13). The number of hydrogen-bond donors (Lipinski definition) is 3. The first-order chi connectivity index (χ1) is 6.57. The number of nitrogens with zero attached hydrogens (tertiary/aromatic N) is 1. The van der Waals surface area contributed by atoms with Crippen molar-refractivity contribution in [3.63, 3.8) is 0 Å². The van der Waals surface area contributed by atoms with Crippen molar-refractivity contribution < 1.29 is 15.1 Å². The second-order valence-electron chi connectivity index (χ2n) is 2.77. The predicted molar refractivity (Wildman–Crippen MR) is 50.6 cm³/mol. The molecule has 0 atom stereocenters. The summed E-state index contributed by atoms with van der Waals surface area (Å²) in [6.07, 6.45) is 0. The molecule has 5 nitrogen and oxygen atoms in total. The number of nitrogens with two attached hydrogens (primary N) is 1. The molecule has 4 N–H and O–H groups in total. The Morgan fingerprint density at radius 3 is 2.50 bits per heavy atom. The first kappa shape index (κ1) is 10.0. The monoisotopic (exact) mass is 194 g/mol. The van der Waals surface area contributed by atoms with E-state index in [-0.39, 0.29) is 11.4 Å². The van der Waals surface area contributed by atoms with Crippen LogP contribution in [0.25, 0.3) is 0 Å². The zero-order valence-corrected chi connectivity index (χ0v) is 7.56. The maximum absolute atomic E-state index is 10.7. The quantitative estimate of drug-likeness (QED) is 0.280. The minimum atomic E-state index is -1.03. The lowest BCUT2D eigenvalue weighted by Gasteiger charge is -2.06. The number of carbonyl (C=O) groups is 1. The molecule has 0 aliphatic rings. The van der Waals surface area contributed by atoms with E-state index in [0.29, 0.717) is 11.1 Å². The highest BCUT2D eigenvalue weighted by molar-refractivity contribution is 6.01. The zero-order valence-electron chi connectivity index (χ0n) is 7.56. The second kappa shape index (κ2) is 3.78. The summed E-state index contributed by atoms with van der Waals surface area (Å²) < 4.78 is 0. The summed E-state index contributed by atoms with van der Waals surface area (Å²) in [6, 6.07) is 4.60. The molecule has 0 amide bonds. The molecule has 1 aromatic carbocycles. The summed E-state index contributed by atoms with van der Waals surface area (Å²) in [5.41, 5.74) is 6.42. The van der Waals surface area contributed by atoms with Gasteiger partial charge in [0.05, 0.1) is 5.56 Å². The fourth-order valence-electron chi connectivity index (χ4n) is 1.20. The Bertz CT molecular complexity index is 399. The zero-order chi connectivity index (χ0) is 10.7. The molecule has 0 radical (unpaired) electrons. The van der Waals surface area contributed by atoms with Crippen molar-refractivity contribution in [2.24, 2.45) is 10.9 Å². The van der Waals surface area contributed by atoms with Crippen molar-refractivity contribution in [1.82, 2.24) is 0 Å². The second-order valence-corrected chi connectivity index (χ2v) is 2.77. The van der Waals surface area contributed by atoms with Crippen LogP contribution in [-0.2, 0) is 0 Å². The molecule has 14 heavy (non-hydrogen) atoms. The highest BCUT2D eigenvalue weighted by atomic mass is 16.4. The van der Waals surface area contributed by atoms with E-state index in [1.54, 1.807) is 19.1 Å². The van der Waals surface area contributed by atoms with Crippen LogP contribution in [0.5, 0.6) is 0 Å². The Hall–Kier alpha value is -2.04. The van der Waals surface area contributed by atoms with E-state index >= 15 is 0 Å². The number of aromatic carboxylic acids is 1. The lowest BCUT2D eigenvalue weighted by molar-refractivity contribution is 0.0696. The largest absolute Gasteiger partial charge is 0.478 e. The van der Waals surface area contributed by atoms with Gasteiger partial charge in [-0.1, -0.05) is 17.3 Å². The molecule has 0 unspecified atom stereocenters. The van der Waals surface area contributed by atoms with E-state index < -0.39 is 5.97 Å². The van der Waals surface area contributed by atoms with Gasteiger partial charge in [-0.2, -0.15) is 0 Å². The topological polar surface area (TPSA) is 95.9 Å². The Kier molecular flexibility index (Phi) is 2.71. The third-order valence-electron chi connectivity index (χ3n) is 1.95. The van der Waals surface area contributed by atoms with Gasteiger partial charge in [0.25, 0.3) is 0 Å². The number of benzene rings is 1. The first-order valence-corrected chi connectivity index (χ1v) is 3.88. The van der Waals surface area contributed by atoms with Crippen molar-refractivity contribution in [3.8, 4) is 0 Å². The number of hydrogen-bond acceptors (Lipinski definition) is 3. The average Bonchev–Trinajstić information content (AvgIpc) is 2.16.